The van der Waals surface area contributed by atoms with Crippen LogP contribution in [0.3, 0.4) is 0 Å². The minimum Gasteiger partial charge on any atom is -0.481 e. The monoisotopic (exact) mass is 558 g/mol. The summed E-state index contributed by atoms with van der Waals surface area (Å²) in [6.45, 7) is 2.99. The van der Waals surface area contributed by atoms with Gasteiger partial charge in [0.15, 0.2) is 0 Å². The van der Waals surface area contributed by atoms with Crippen LogP contribution in [0.5, 0.6) is 0 Å². The molecule has 194 valence electrons. The maximum Gasteiger partial charge on any atom is 0.305 e. The smallest absolute Gasteiger partial charge is 0.305 e. The Morgan fingerprint density at radius 2 is 1.68 bits per heavy atom. The zero-order chi connectivity index (χ0) is 26.5. The average Bonchev–Trinajstić information content (AvgIpc) is 3.28. The van der Waals surface area contributed by atoms with Gasteiger partial charge in [-0.3, -0.25) is 9.59 Å². The first kappa shape index (κ1) is 27.3. The van der Waals surface area contributed by atoms with E-state index in [0.29, 0.717) is 20.6 Å². The van der Waals surface area contributed by atoms with Gasteiger partial charge in [0.2, 0.25) is 0 Å². The van der Waals surface area contributed by atoms with Gasteiger partial charge in [0.25, 0.3) is 5.91 Å². The number of rotatable bonds is 10. The zero-order valence-corrected chi connectivity index (χ0v) is 22.7. The lowest BCUT2D eigenvalue weighted by Gasteiger charge is -2.33. The van der Waals surface area contributed by atoms with Crippen LogP contribution in [0.1, 0.15) is 71.0 Å². The molecule has 0 aromatic heterocycles. The number of hydrogen-bond donors (Lipinski definition) is 3. The van der Waals surface area contributed by atoms with Crippen molar-refractivity contribution in [1.29, 1.82) is 0 Å². The number of aliphatic carboxylic acids is 1. The van der Waals surface area contributed by atoms with Gasteiger partial charge >= 0.3 is 5.97 Å². The number of fused-ring (bicyclic) bond motifs is 1. The Balaban J connectivity index is 1.70. The first-order chi connectivity index (χ1) is 17.8. The van der Waals surface area contributed by atoms with Crippen LogP contribution in [0.4, 0.5) is 5.69 Å². The summed E-state index contributed by atoms with van der Waals surface area (Å²) in [6.07, 6.45) is 1.81. The number of anilines is 1. The highest BCUT2D eigenvalue weighted by Gasteiger charge is 2.37. The Bertz CT molecular complexity index is 1260. The van der Waals surface area contributed by atoms with E-state index < -0.39 is 5.97 Å². The van der Waals surface area contributed by atoms with Crippen molar-refractivity contribution in [1.82, 2.24) is 5.32 Å². The van der Waals surface area contributed by atoms with Gasteiger partial charge in [-0.1, -0.05) is 72.4 Å². The number of hydrogen-bond acceptors (Lipinski definition) is 3. The number of halogens is 3. The van der Waals surface area contributed by atoms with E-state index >= 15 is 0 Å². The minimum atomic E-state index is -0.947. The van der Waals surface area contributed by atoms with Crippen LogP contribution in [0.15, 0.2) is 60.7 Å². The van der Waals surface area contributed by atoms with Gasteiger partial charge in [-0.2, -0.15) is 0 Å². The number of benzene rings is 3. The van der Waals surface area contributed by atoms with Gasteiger partial charge in [0.05, 0.1) is 17.1 Å². The average molecular weight is 560 g/mol. The topological polar surface area (TPSA) is 78.4 Å². The van der Waals surface area contributed by atoms with Crippen LogP contribution in [0, 0.1) is 0 Å². The third-order valence-electron chi connectivity index (χ3n) is 6.93. The second kappa shape index (κ2) is 12.2. The summed E-state index contributed by atoms with van der Waals surface area (Å²) in [5, 5.41) is 16.9. The van der Waals surface area contributed by atoms with Crippen LogP contribution in [0.25, 0.3) is 0 Å². The highest BCUT2D eigenvalue weighted by Crippen LogP contribution is 2.51. The molecule has 0 saturated heterocycles. The molecule has 3 aromatic rings. The van der Waals surface area contributed by atoms with Gasteiger partial charge in [-0.25, -0.2) is 0 Å². The van der Waals surface area contributed by atoms with Crippen molar-refractivity contribution in [2.24, 2.45) is 0 Å². The molecule has 0 aliphatic carbocycles. The Hall–Kier alpha value is -2.73. The van der Waals surface area contributed by atoms with Crippen molar-refractivity contribution < 1.29 is 14.7 Å². The second-order valence-corrected chi connectivity index (χ2v) is 10.6. The van der Waals surface area contributed by atoms with Gasteiger partial charge in [-0.15, -0.1) is 0 Å². The highest BCUT2D eigenvalue weighted by molar-refractivity contribution is 6.36. The largest absolute Gasteiger partial charge is 0.481 e. The maximum atomic E-state index is 12.5. The molecule has 0 spiro atoms. The van der Waals surface area contributed by atoms with Crippen molar-refractivity contribution >= 4 is 52.4 Å². The summed E-state index contributed by atoms with van der Waals surface area (Å²) in [5.74, 6) is -0.839. The lowest BCUT2D eigenvalue weighted by molar-refractivity contribution is -0.136. The minimum absolute atomic E-state index is 0.0895. The Labute approximate surface area is 232 Å². The Morgan fingerprint density at radius 1 is 1.00 bits per heavy atom. The van der Waals surface area contributed by atoms with Crippen molar-refractivity contribution in [3.8, 4) is 0 Å². The molecule has 5 nitrogen and oxygen atoms in total. The molecule has 37 heavy (non-hydrogen) atoms. The summed E-state index contributed by atoms with van der Waals surface area (Å²) in [4.78, 5) is 23.2. The van der Waals surface area contributed by atoms with Crippen molar-refractivity contribution in [3.63, 3.8) is 0 Å². The van der Waals surface area contributed by atoms with E-state index in [0.717, 1.165) is 36.2 Å². The number of nitrogens with one attached hydrogen (secondary N) is 2. The molecule has 1 aliphatic heterocycles. The van der Waals surface area contributed by atoms with E-state index in [1.807, 2.05) is 42.5 Å². The van der Waals surface area contributed by atoms with E-state index in [1.54, 1.807) is 6.07 Å². The summed E-state index contributed by atoms with van der Waals surface area (Å²) in [7, 11) is 0. The van der Waals surface area contributed by atoms with Crippen LogP contribution in [-0.4, -0.2) is 30.1 Å². The zero-order valence-electron chi connectivity index (χ0n) is 20.4. The van der Waals surface area contributed by atoms with Gasteiger partial charge in [0.1, 0.15) is 0 Å². The molecule has 8 heteroatoms. The molecule has 3 N–H and O–H groups in total. The second-order valence-electron chi connectivity index (χ2n) is 9.33. The third kappa shape index (κ3) is 6.40. The van der Waals surface area contributed by atoms with Crippen LogP contribution in [0.2, 0.25) is 15.1 Å². The summed E-state index contributed by atoms with van der Waals surface area (Å²) >= 11 is 19.2. The van der Waals surface area contributed by atoms with E-state index in [-0.39, 0.29) is 36.6 Å². The maximum absolute atomic E-state index is 12.5. The fraction of sp³-hybridized carbons (Fsp3) is 0.310. The third-order valence-corrected chi connectivity index (χ3v) is 7.70. The summed E-state index contributed by atoms with van der Waals surface area (Å²) in [6, 6.07) is 19.4. The molecule has 0 bridgehead atoms. The normalized spacial score (nSPS) is 15.9. The van der Waals surface area contributed by atoms with Crippen molar-refractivity contribution in [3.05, 3.63) is 98.0 Å². The highest BCUT2D eigenvalue weighted by atomic mass is 35.5. The molecule has 1 amide bonds. The molecular formula is C29H29Cl3N2O3. The molecule has 0 fully saturated rings. The predicted molar refractivity (Wildman–Crippen MR) is 151 cm³/mol. The molecular weight excluding hydrogens is 531 g/mol. The number of amides is 1. The van der Waals surface area contributed by atoms with Crippen LogP contribution in [-0.2, 0) is 4.79 Å². The first-order valence-electron chi connectivity index (χ1n) is 12.4. The van der Waals surface area contributed by atoms with Crippen LogP contribution < -0.4 is 10.6 Å². The number of carboxylic acid groups (broad SMARTS) is 1. The van der Waals surface area contributed by atoms with E-state index in [9.17, 15) is 9.59 Å². The molecule has 1 unspecified atom stereocenters. The fourth-order valence-electron chi connectivity index (χ4n) is 5.28. The van der Waals surface area contributed by atoms with Crippen molar-refractivity contribution in [2.45, 2.75) is 43.9 Å². The molecule has 3 aromatic carbocycles. The summed E-state index contributed by atoms with van der Waals surface area (Å²) in [5.41, 5.74) is 4.84. The molecule has 4 rings (SSSR count). The SMILES string of the molecule is CCC[C@H](c1ccc(C(=O)NCCC(=O)O)cc1)[C@@H](c1ccc(Cl)cc1)C1CNc2c(Cl)cc(Cl)cc21. The Morgan fingerprint density at radius 3 is 2.32 bits per heavy atom. The fourth-order valence-corrected chi connectivity index (χ4v) is 5.98. The van der Waals surface area contributed by atoms with Crippen LogP contribution >= 0.6 is 34.8 Å². The number of carbonyl (C=O) groups is 2. The first-order valence-corrected chi connectivity index (χ1v) is 13.5. The molecule has 0 radical (unpaired) electrons. The van der Waals surface area contributed by atoms with Gasteiger partial charge in [0, 0.05) is 34.6 Å². The standard InChI is InChI=1S/C29H29Cl3N2O3/c1-2-3-22(17-4-6-19(7-5-17)29(37)33-13-12-26(35)36)27(18-8-10-20(30)11-9-18)24-16-34-28-23(24)14-21(31)15-25(28)32/h4-11,14-15,22,24,27,34H,2-3,12-13,16H2,1H3,(H,33,37)(H,35,36)/t22-,24?,27-/m1/s1. The molecule has 1 heterocycles. The van der Waals surface area contributed by atoms with E-state index in [2.05, 4.69) is 29.7 Å². The Kier molecular flexibility index (Phi) is 9.01. The predicted octanol–water partition coefficient (Wildman–Crippen LogP) is 7.73. The number of carboxylic acids is 1. The quantitative estimate of drug-likeness (QED) is 0.237. The molecule has 1 aliphatic rings. The van der Waals surface area contributed by atoms with Gasteiger partial charge < -0.3 is 15.7 Å². The number of carbonyl (C=O) groups excluding carboxylic acids is 1. The lowest BCUT2D eigenvalue weighted by atomic mass is 9.70. The lowest BCUT2D eigenvalue weighted by Crippen LogP contribution is -2.26. The van der Waals surface area contributed by atoms with Crippen molar-refractivity contribution in [2.75, 3.05) is 18.4 Å². The molecule has 0 saturated carbocycles. The van der Waals surface area contributed by atoms with Gasteiger partial charge in [-0.05, 0) is 71.3 Å². The van der Waals surface area contributed by atoms with E-state index in [1.165, 1.54) is 5.56 Å². The molecule has 3 atom stereocenters. The summed E-state index contributed by atoms with van der Waals surface area (Å²) < 4.78 is 0. The van der Waals surface area contributed by atoms with E-state index in [4.69, 9.17) is 39.9 Å².